The third-order valence-corrected chi connectivity index (χ3v) is 2.70. The summed E-state index contributed by atoms with van der Waals surface area (Å²) in [6, 6.07) is 0. The minimum absolute atomic E-state index is 0.0623. The van der Waals surface area contributed by atoms with E-state index in [4.69, 9.17) is 9.47 Å². The zero-order valence-corrected chi connectivity index (χ0v) is 11.5. The summed E-state index contributed by atoms with van der Waals surface area (Å²) in [6.45, 7) is 6.49. The van der Waals surface area contributed by atoms with Crippen LogP contribution in [0.3, 0.4) is 0 Å². The molecular formula is C13H27NO3. The highest BCUT2D eigenvalue weighted by Gasteiger charge is 2.16. The summed E-state index contributed by atoms with van der Waals surface area (Å²) in [5.41, 5.74) is 0. The van der Waals surface area contributed by atoms with Gasteiger partial charge in [-0.2, -0.15) is 0 Å². The van der Waals surface area contributed by atoms with Gasteiger partial charge in [-0.05, 0) is 19.9 Å². The normalized spacial score (nSPS) is 12.4. The fraction of sp³-hybridized carbons (Fsp3) is 0.923. The van der Waals surface area contributed by atoms with Crippen LogP contribution in [-0.2, 0) is 14.3 Å². The first-order chi connectivity index (χ1) is 8.26. The Morgan fingerprint density at radius 2 is 2.00 bits per heavy atom. The van der Waals surface area contributed by atoms with E-state index in [2.05, 4.69) is 12.2 Å². The molecule has 0 heterocycles. The molecule has 0 fully saturated rings. The van der Waals surface area contributed by atoms with Crippen LogP contribution in [0.5, 0.6) is 0 Å². The summed E-state index contributed by atoms with van der Waals surface area (Å²) in [6.07, 6.45) is 4.01. The number of unbranched alkanes of at least 4 members (excludes halogenated alkanes) is 1. The molecule has 0 aliphatic carbocycles. The highest BCUT2D eigenvalue weighted by atomic mass is 16.6. The van der Waals surface area contributed by atoms with E-state index < -0.39 is 0 Å². The molecule has 4 heteroatoms. The van der Waals surface area contributed by atoms with Crippen LogP contribution in [0.2, 0.25) is 0 Å². The third-order valence-electron chi connectivity index (χ3n) is 2.70. The molecule has 0 bridgehead atoms. The number of hydrogen-bond acceptors (Lipinski definition) is 4. The molecule has 0 saturated heterocycles. The van der Waals surface area contributed by atoms with E-state index in [9.17, 15) is 4.79 Å². The summed E-state index contributed by atoms with van der Waals surface area (Å²) in [5.74, 6) is -0.00887. The summed E-state index contributed by atoms with van der Waals surface area (Å²) >= 11 is 0. The number of ether oxygens (including phenoxy) is 2. The van der Waals surface area contributed by atoms with Gasteiger partial charge in [-0.3, -0.25) is 4.79 Å². The number of rotatable bonds is 11. The van der Waals surface area contributed by atoms with Gasteiger partial charge in [0.1, 0.15) is 6.61 Å². The molecule has 1 atom stereocenters. The Morgan fingerprint density at radius 3 is 2.59 bits per heavy atom. The fourth-order valence-electron chi connectivity index (χ4n) is 1.53. The Labute approximate surface area is 105 Å². The van der Waals surface area contributed by atoms with Gasteiger partial charge in [0.2, 0.25) is 0 Å². The summed E-state index contributed by atoms with van der Waals surface area (Å²) in [5, 5.41) is 2.99. The van der Waals surface area contributed by atoms with Crippen LogP contribution in [0.15, 0.2) is 0 Å². The van der Waals surface area contributed by atoms with Crippen LogP contribution in [0, 0.1) is 5.92 Å². The maximum Gasteiger partial charge on any atom is 0.308 e. The highest BCUT2D eigenvalue weighted by molar-refractivity contribution is 5.72. The number of carbonyl (C=O) groups excluding carboxylic acids is 1. The maximum absolute atomic E-state index is 11.7. The average Bonchev–Trinajstić information content (AvgIpc) is 2.34. The van der Waals surface area contributed by atoms with Crippen molar-refractivity contribution in [2.24, 2.45) is 5.92 Å². The topological polar surface area (TPSA) is 47.6 Å². The van der Waals surface area contributed by atoms with E-state index in [0.717, 1.165) is 32.2 Å². The Bertz CT molecular complexity index is 186. The van der Waals surface area contributed by atoms with Gasteiger partial charge in [0.15, 0.2) is 0 Å². The van der Waals surface area contributed by atoms with E-state index in [1.54, 1.807) is 0 Å². The second-order valence-corrected chi connectivity index (χ2v) is 4.13. The molecule has 0 rings (SSSR count). The smallest absolute Gasteiger partial charge is 0.308 e. The Kier molecular flexibility index (Phi) is 11.4. The second-order valence-electron chi connectivity index (χ2n) is 4.13. The molecular weight excluding hydrogens is 218 g/mol. The van der Waals surface area contributed by atoms with E-state index in [1.807, 2.05) is 14.0 Å². The van der Waals surface area contributed by atoms with Gasteiger partial charge in [-0.15, -0.1) is 0 Å². The molecule has 1 unspecified atom stereocenters. The minimum atomic E-state index is -0.0711. The van der Waals surface area contributed by atoms with Crippen molar-refractivity contribution >= 4 is 5.97 Å². The Balaban J connectivity index is 3.54. The highest BCUT2D eigenvalue weighted by Crippen LogP contribution is 2.14. The lowest BCUT2D eigenvalue weighted by Crippen LogP contribution is -2.21. The van der Waals surface area contributed by atoms with Crippen molar-refractivity contribution in [1.29, 1.82) is 0 Å². The summed E-state index contributed by atoms with van der Waals surface area (Å²) in [4.78, 5) is 11.7. The van der Waals surface area contributed by atoms with Gasteiger partial charge in [-0.1, -0.05) is 26.7 Å². The molecule has 102 valence electrons. The van der Waals surface area contributed by atoms with Crippen molar-refractivity contribution in [2.45, 2.75) is 39.5 Å². The lowest BCUT2D eigenvalue weighted by molar-refractivity contribution is -0.150. The quantitative estimate of drug-likeness (QED) is 0.447. The standard InChI is InChI=1S/C13H27NO3/c1-4-6-7-12(5-2)13(15)17-11-10-16-9-8-14-3/h12,14H,4-11H2,1-3H3. The fourth-order valence-corrected chi connectivity index (χ4v) is 1.53. The van der Waals surface area contributed by atoms with Crippen molar-refractivity contribution in [3.05, 3.63) is 0 Å². The third kappa shape index (κ3) is 9.12. The van der Waals surface area contributed by atoms with Crippen LogP contribution in [0.1, 0.15) is 39.5 Å². The second kappa shape index (κ2) is 11.9. The Hall–Kier alpha value is -0.610. The maximum atomic E-state index is 11.7. The predicted octanol–water partition coefficient (Wildman–Crippen LogP) is 1.98. The molecule has 4 nitrogen and oxygen atoms in total. The average molecular weight is 245 g/mol. The van der Waals surface area contributed by atoms with Crippen LogP contribution in [0.4, 0.5) is 0 Å². The lowest BCUT2D eigenvalue weighted by atomic mass is 10.00. The SMILES string of the molecule is CCCCC(CC)C(=O)OCCOCCNC. The van der Waals surface area contributed by atoms with E-state index in [1.165, 1.54) is 0 Å². The van der Waals surface area contributed by atoms with Crippen LogP contribution in [-0.4, -0.2) is 39.4 Å². The molecule has 1 N–H and O–H groups in total. The van der Waals surface area contributed by atoms with Gasteiger partial charge >= 0.3 is 5.97 Å². The monoisotopic (exact) mass is 245 g/mol. The predicted molar refractivity (Wildman–Crippen MR) is 69.0 cm³/mol. The zero-order valence-electron chi connectivity index (χ0n) is 11.5. The van der Waals surface area contributed by atoms with Gasteiger partial charge in [0, 0.05) is 6.54 Å². The summed E-state index contributed by atoms with van der Waals surface area (Å²) in [7, 11) is 1.88. The van der Waals surface area contributed by atoms with Crippen molar-refractivity contribution in [1.82, 2.24) is 5.32 Å². The number of esters is 1. The molecule has 0 aromatic carbocycles. The molecule has 0 aliphatic heterocycles. The first-order valence-corrected chi connectivity index (χ1v) is 6.65. The van der Waals surface area contributed by atoms with Crippen LogP contribution >= 0.6 is 0 Å². The van der Waals surface area contributed by atoms with Gasteiger partial charge in [0.05, 0.1) is 19.1 Å². The lowest BCUT2D eigenvalue weighted by Gasteiger charge is -2.13. The van der Waals surface area contributed by atoms with Crippen molar-refractivity contribution in [3.63, 3.8) is 0 Å². The number of carbonyl (C=O) groups is 1. The number of hydrogen-bond donors (Lipinski definition) is 1. The molecule has 0 radical (unpaired) electrons. The molecule has 0 amide bonds. The first kappa shape index (κ1) is 16.4. The van der Waals surface area contributed by atoms with Crippen molar-refractivity contribution in [2.75, 3.05) is 33.4 Å². The van der Waals surface area contributed by atoms with E-state index in [-0.39, 0.29) is 11.9 Å². The summed E-state index contributed by atoms with van der Waals surface area (Å²) < 4.78 is 10.5. The van der Waals surface area contributed by atoms with Crippen LogP contribution in [0.25, 0.3) is 0 Å². The molecule has 0 aromatic rings. The van der Waals surface area contributed by atoms with Gasteiger partial charge in [0.25, 0.3) is 0 Å². The van der Waals surface area contributed by atoms with E-state index >= 15 is 0 Å². The molecule has 0 aromatic heterocycles. The first-order valence-electron chi connectivity index (χ1n) is 6.65. The number of nitrogens with one attached hydrogen (secondary N) is 1. The zero-order chi connectivity index (χ0) is 12.9. The Morgan fingerprint density at radius 1 is 1.24 bits per heavy atom. The number of likely N-dealkylation sites (N-methyl/N-ethyl adjacent to an activating group) is 1. The van der Waals surface area contributed by atoms with Crippen molar-refractivity contribution < 1.29 is 14.3 Å². The van der Waals surface area contributed by atoms with Gasteiger partial charge < -0.3 is 14.8 Å². The van der Waals surface area contributed by atoms with Crippen LogP contribution < -0.4 is 5.32 Å². The molecule has 0 spiro atoms. The van der Waals surface area contributed by atoms with Gasteiger partial charge in [-0.25, -0.2) is 0 Å². The molecule has 17 heavy (non-hydrogen) atoms. The van der Waals surface area contributed by atoms with E-state index in [0.29, 0.717) is 19.8 Å². The molecule has 0 saturated carbocycles. The molecule has 0 aliphatic rings. The largest absolute Gasteiger partial charge is 0.463 e. The minimum Gasteiger partial charge on any atom is -0.463 e. The van der Waals surface area contributed by atoms with Crippen molar-refractivity contribution in [3.8, 4) is 0 Å².